The lowest BCUT2D eigenvalue weighted by molar-refractivity contribution is -0.130. The van der Waals surface area contributed by atoms with E-state index in [0.717, 1.165) is 45.6 Å². The third-order valence-electron chi connectivity index (χ3n) is 5.16. The van der Waals surface area contributed by atoms with E-state index in [9.17, 15) is 4.79 Å². The van der Waals surface area contributed by atoms with Gasteiger partial charge in [-0.2, -0.15) is 0 Å². The second-order valence-electron chi connectivity index (χ2n) is 6.96. The summed E-state index contributed by atoms with van der Waals surface area (Å²) in [6, 6.07) is 10.7. The quantitative estimate of drug-likeness (QED) is 0.754. The first-order valence-corrected chi connectivity index (χ1v) is 8.80. The molecule has 3 heteroatoms. The van der Waals surface area contributed by atoms with Crippen molar-refractivity contribution in [2.45, 2.75) is 39.2 Å². The number of nitrogens with zero attached hydrogens (tertiary/aromatic N) is 2. The van der Waals surface area contributed by atoms with Crippen molar-refractivity contribution in [1.82, 2.24) is 9.80 Å². The normalized spacial score (nSPS) is 24.7. The van der Waals surface area contributed by atoms with Gasteiger partial charge in [0.25, 0.3) is 0 Å². The first kappa shape index (κ1) is 15.5. The zero-order valence-corrected chi connectivity index (χ0v) is 13.7. The van der Waals surface area contributed by atoms with Gasteiger partial charge in [-0.15, -0.1) is 0 Å². The third-order valence-corrected chi connectivity index (χ3v) is 5.16. The Morgan fingerprint density at radius 2 is 1.73 bits per heavy atom. The van der Waals surface area contributed by atoms with E-state index in [2.05, 4.69) is 47.1 Å². The largest absolute Gasteiger partial charge is 0.342 e. The highest BCUT2D eigenvalue weighted by Gasteiger charge is 2.41. The summed E-state index contributed by atoms with van der Waals surface area (Å²) in [4.78, 5) is 16.9. The van der Waals surface area contributed by atoms with Gasteiger partial charge in [-0.1, -0.05) is 50.1 Å². The summed E-state index contributed by atoms with van der Waals surface area (Å²) < 4.78 is 0. The zero-order chi connectivity index (χ0) is 15.4. The summed E-state index contributed by atoms with van der Waals surface area (Å²) in [5.74, 6) is 1.77. The second kappa shape index (κ2) is 7.28. The second-order valence-corrected chi connectivity index (χ2v) is 6.96. The molecule has 3 rings (SSSR count). The van der Waals surface area contributed by atoms with Crippen molar-refractivity contribution in [2.75, 3.05) is 26.2 Å². The summed E-state index contributed by atoms with van der Waals surface area (Å²) in [5.41, 5.74) is 1.40. The van der Waals surface area contributed by atoms with Crippen molar-refractivity contribution in [3.63, 3.8) is 0 Å². The standard InChI is InChI=1S/C19H28N2O/c1-2-3-5-10-19(22)21-14-17-12-20(13-18(17)15-21)11-16-8-6-4-7-9-16/h4,6-9,17-18H,2-3,5,10-15H2,1H3/t17-,18-/m0/s1. The predicted octanol–water partition coefficient (Wildman–Crippen LogP) is 3.16. The number of amides is 1. The molecule has 0 saturated carbocycles. The fraction of sp³-hybridized carbons (Fsp3) is 0.632. The molecule has 2 aliphatic heterocycles. The fourth-order valence-corrected chi connectivity index (χ4v) is 3.95. The van der Waals surface area contributed by atoms with Crippen molar-refractivity contribution < 1.29 is 4.79 Å². The number of rotatable bonds is 6. The van der Waals surface area contributed by atoms with E-state index < -0.39 is 0 Å². The topological polar surface area (TPSA) is 23.6 Å². The molecule has 120 valence electrons. The molecule has 1 aromatic rings. The molecular formula is C19H28N2O. The van der Waals surface area contributed by atoms with Crippen LogP contribution in [0, 0.1) is 11.8 Å². The number of likely N-dealkylation sites (tertiary alicyclic amines) is 2. The molecule has 0 N–H and O–H groups in total. The minimum Gasteiger partial charge on any atom is -0.342 e. The molecule has 0 radical (unpaired) electrons. The molecule has 2 atom stereocenters. The van der Waals surface area contributed by atoms with Gasteiger partial charge >= 0.3 is 0 Å². The van der Waals surface area contributed by atoms with Crippen LogP contribution in [0.4, 0.5) is 0 Å². The van der Waals surface area contributed by atoms with E-state index in [0.29, 0.717) is 17.7 Å². The highest BCUT2D eigenvalue weighted by Crippen LogP contribution is 2.32. The minimum atomic E-state index is 0.387. The monoisotopic (exact) mass is 300 g/mol. The molecule has 0 aliphatic carbocycles. The van der Waals surface area contributed by atoms with Crippen molar-refractivity contribution in [3.8, 4) is 0 Å². The Labute approximate surface area is 134 Å². The number of carbonyl (C=O) groups excluding carboxylic acids is 1. The van der Waals surface area contributed by atoms with E-state index in [1.165, 1.54) is 18.4 Å². The maximum Gasteiger partial charge on any atom is 0.222 e. The van der Waals surface area contributed by atoms with Crippen LogP contribution in [-0.4, -0.2) is 41.9 Å². The van der Waals surface area contributed by atoms with Crippen LogP contribution in [0.5, 0.6) is 0 Å². The molecule has 3 nitrogen and oxygen atoms in total. The number of unbranched alkanes of at least 4 members (excludes halogenated alkanes) is 2. The average Bonchev–Trinajstić information content (AvgIpc) is 3.07. The van der Waals surface area contributed by atoms with Crippen LogP contribution < -0.4 is 0 Å². The van der Waals surface area contributed by atoms with Crippen LogP contribution in [0.15, 0.2) is 30.3 Å². The van der Waals surface area contributed by atoms with E-state index in [4.69, 9.17) is 0 Å². The van der Waals surface area contributed by atoms with Crippen LogP contribution in [0.3, 0.4) is 0 Å². The Bertz CT molecular complexity index is 473. The summed E-state index contributed by atoms with van der Waals surface area (Å²) in [6.45, 7) is 7.52. The van der Waals surface area contributed by atoms with Crippen molar-refractivity contribution in [2.24, 2.45) is 11.8 Å². The van der Waals surface area contributed by atoms with Gasteiger partial charge in [0.1, 0.15) is 0 Å². The molecule has 0 aromatic heterocycles. The highest BCUT2D eigenvalue weighted by atomic mass is 16.2. The number of benzene rings is 1. The Morgan fingerprint density at radius 1 is 1.05 bits per heavy atom. The van der Waals surface area contributed by atoms with E-state index in [-0.39, 0.29) is 0 Å². The maximum absolute atomic E-state index is 12.2. The molecule has 2 fully saturated rings. The highest BCUT2D eigenvalue weighted by molar-refractivity contribution is 5.76. The molecule has 22 heavy (non-hydrogen) atoms. The van der Waals surface area contributed by atoms with Crippen LogP contribution in [-0.2, 0) is 11.3 Å². The fourth-order valence-electron chi connectivity index (χ4n) is 3.95. The smallest absolute Gasteiger partial charge is 0.222 e. The number of carbonyl (C=O) groups is 1. The lowest BCUT2D eigenvalue weighted by Gasteiger charge is -2.21. The Balaban J connectivity index is 1.45. The number of hydrogen-bond acceptors (Lipinski definition) is 2. The first-order chi connectivity index (χ1) is 10.8. The van der Waals surface area contributed by atoms with Gasteiger partial charge < -0.3 is 4.90 Å². The third kappa shape index (κ3) is 3.70. The molecule has 1 amide bonds. The van der Waals surface area contributed by atoms with Crippen LogP contribution in [0.1, 0.15) is 38.2 Å². The Morgan fingerprint density at radius 3 is 2.36 bits per heavy atom. The molecule has 0 spiro atoms. The lowest BCUT2D eigenvalue weighted by Crippen LogP contribution is -2.33. The number of fused-ring (bicyclic) bond motifs is 1. The first-order valence-electron chi connectivity index (χ1n) is 8.80. The van der Waals surface area contributed by atoms with Crippen molar-refractivity contribution in [3.05, 3.63) is 35.9 Å². The maximum atomic E-state index is 12.2. The molecule has 2 aliphatic rings. The SMILES string of the molecule is CCCCCC(=O)N1C[C@@H]2CN(Cc3ccccc3)C[C@H]2C1. The van der Waals surface area contributed by atoms with Crippen molar-refractivity contribution >= 4 is 5.91 Å². The summed E-state index contributed by atoms with van der Waals surface area (Å²) in [6.07, 6.45) is 4.17. The molecule has 2 saturated heterocycles. The molecule has 0 bridgehead atoms. The lowest BCUT2D eigenvalue weighted by atomic mass is 10.0. The molecule has 1 aromatic carbocycles. The van der Waals surface area contributed by atoms with Gasteiger partial charge in [-0.3, -0.25) is 9.69 Å². The number of hydrogen-bond donors (Lipinski definition) is 0. The summed E-state index contributed by atoms with van der Waals surface area (Å²) in [7, 11) is 0. The Kier molecular flexibility index (Phi) is 5.14. The minimum absolute atomic E-state index is 0.387. The van der Waals surface area contributed by atoms with Gasteiger partial charge in [-0.25, -0.2) is 0 Å². The van der Waals surface area contributed by atoms with Crippen LogP contribution >= 0.6 is 0 Å². The molecular weight excluding hydrogens is 272 g/mol. The van der Waals surface area contributed by atoms with Crippen LogP contribution in [0.2, 0.25) is 0 Å². The Hall–Kier alpha value is -1.35. The zero-order valence-electron chi connectivity index (χ0n) is 13.7. The van der Waals surface area contributed by atoms with Gasteiger partial charge in [0, 0.05) is 39.1 Å². The molecule has 0 unspecified atom stereocenters. The van der Waals surface area contributed by atoms with Gasteiger partial charge in [-0.05, 0) is 23.8 Å². The van der Waals surface area contributed by atoms with Crippen LogP contribution in [0.25, 0.3) is 0 Å². The van der Waals surface area contributed by atoms with E-state index >= 15 is 0 Å². The molecule has 2 heterocycles. The van der Waals surface area contributed by atoms with Gasteiger partial charge in [0.05, 0.1) is 0 Å². The van der Waals surface area contributed by atoms with Gasteiger partial charge in [0.15, 0.2) is 0 Å². The predicted molar refractivity (Wildman–Crippen MR) is 89.4 cm³/mol. The van der Waals surface area contributed by atoms with E-state index in [1.54, 1.807) is 0 Å². The van der Waals surface area contributed by atoms with E-state index in [1.807, 2.05) is 0 Å². The summed E-state index contributed by atoms with van der Waals surface area (Å²) in [5, 5.41) is 0. The van der Waals surface area contributed by atoms with Gasteiger partial charge in [0.2, 0.25) is 5.91 Å². The summed E-state index contributed by atoms with van der Waals surface area (Å²) >= 11 is 0. The average molecular weight is 300 g/mol. The van der Waals surface area contributed by atoms with Crippen molar-refractivity contribution in [1.29, 1.82) is 0 Å².